The fourth-order valence-electron chi connectivity index (χ4n) is 2.63. The molecular weight excluding hydrogens is 230 g/mol. The average molecular weight is 255 g/mol. The van der Waals surface area contributed by atoms with Crippen molar-refractivity contribution in [2.45, 2.75) is 46.1 Å². The molecule has 1 aliphatic carbocycles. The Labute approximate surface area is 109 Å². The van der Waals surface area contributed by atoms with Gasteiger partial charge in [0, 0.05) is 5.92 Å². The molecule has 1 saturated carbocycles. The molecule has 0 radical (unpaired) electrons. The van der Waals surface area contributed by atoms with Gasteiger partial charge in [0.15, 0.2) is 0 Å². The molecule has 0 saturated heterocycles. The summed E-state index contributed by atoms with van der Waals surface area (Å²) in [5.41, 5.74) is 10.6. The first-order valence-electron chi connectivity index (χ1n) is 6.57. The molecule has 1 fully saturated rings. The van der Waals surface area contributed by atoms with Crippen LogP contribution in [0, 0.1) is 17.3 Å². The van der Waals surface area contributed by atoms with Crippen molar-refractivity contribution in [3.05, 3.63) is 0 Å². The second-order valence-corrected chi connectivity index (χ2v) is 6.24. The molecule has 0 heterocycles. The molecule has 0 aromatic heterocycles. The van der Waals surface area contributed by atoms with Gasteiger partial charge in [0.05, 0.1) is 0 Å². The number of hydrogen-bond donors (Lipinski definition) is 3. The second-order valence-electron chi connectivity index (χ2n) is 6.24. The first kappa shape index (κ1) is 15.0. The first-order valence-corrected chi connectivity index (χ1v) is 6.57. The molecule has 1 rings (SSSR count). The van der Waals surface area contributed by atoms with E-state index in [9.17, 15) is 9.59 Å². The van der Waals surface area contributed by atoms with Gasteiger partial charge in [0.2, 0.25) is 11.8 Å². The molecule has 5 heteroatoms. The number of hydrogen-bond acceptors (Lipinski definition) is 3. The summed E-state index contributed by atoms with van der Waals surface area (Å²) in [6, 6.07) is -0.635. The van der Waals surface area contributed by atoms with Crippen molar-refractivity contribution in [3.63, 3.8) is 0 Å². The highest BCUT2D eigenvalue weighted by Gasteiger charge is 2.36. The third kappa shape index (κ3) is 3.45. The summed E-state index contributed by atoms with van der Waals surface area (Å²) in [5.74, 6) is -0.405. The topological polar surface area (TPSA) is 98.2 Å². The van der Waals surface area contributed by atoms with Crippen LogP contribution in [0.3, 0.4) is 0 Å². The number of carbonyl (C=O) groups is 2. The molecule has 0 unspecified atom stereocenters. The average Bonchev–Trinajstić information content (AvgIpc) is 2.71. The van der Waals surface area contributed by atoms with Crippen LogP contribution in [0.15, 0.2) is 0 Å². The Morgan fingerprint density at radius 3 is 2.39 bits per heavy atom. The number of rotatable bonds is 4. The second kappa shape index (κ2) is 5.69. The molecule has 5 nitrogen and oxygen atoms in total. The van der Waals surface area contributed by atoms with E-state index in [0.29, 0.717) is 6.54 Å². The molecule has 3 atom stereocenters. The summed E-state index contributed by atoms with van der Waals surface area (Å²) >= 11 is 0. The normalized spacial score (nSPS) is 25.8. The lowest BCUT2D eigenvalue weighted by Crippen LogP contribution is -2.53. The van der Waals surface area contributed by atoms with Gasteiger partial charge in [0.25, 0.3) is 0 Å². The lowest BCUT2D eigenvalue weighted by atomic mass is 9.85. The molecule has 0 aliphatic heterocycles. The lowest BCUT2D eigenvalue weighted by molar-refractivity contribution is -0.132. The van der Waals surface area contributed by atoms with Crippen LogP contribution < -0.4 is 16.8 Å². The van der Waals surface area contributed by atoms with E-state index >= 15 is 0 Å². The van der Waals surface area contributed by atoms with E-state index in [1.54, 1.807) is 0 Å². The Hall–Kier alpha value is -1.10. The Bertz CT molecular complexity index is 323. The van der Waals surface area contributed by atoms with Crippen LogP contribution >= 0.6 is 0 Å². The summed E-state index contributed by atoms with van der Waals surface area (Å²) in [4.78, 5) is 23.6. The van der Waals surface area contributed by atoms with Crippen molar-refractivity contribution in [1.29, 1.82) is 0 Å². The van der Waals surface area contributed by atoms with Gasteiger partial charge in [0.1, 0.15) is 6.04 Å². The molecule has 2 amide bonds. The Balaban J connectivity index is 2.70. The number of nitrogens with two attached hydrogens (primary N) is 2. The van der Waals surface area contributed by atoms with Crippen LogP contribution in [0.4, 0.5) is 0 Å². The maximum atomic E-state index is 12.2. The van der Waals surface area contributed by atoms with Gasteiger partial charge in [-0.05, 0) is 30.7 Å². The minimum atomic E-state index is -0.635. The van der Waals surface area contributed by atoms with E-state index in [0.717, 1.165) is 19.3 Å². The molecule has 0 bridgehead atoms. The summed E-state index contributed by atoms with van der Waals surface area (Å²) in [6.45, 7) is 6.18. The van der Waals surface area contributed by atoms with E-state index in [1.807, 2.05) is 20.8 Å². The number of primary amides is 1. The van der Waals surface area contributed by atoms with Crippen molar-refractivity contribution in [1.82, 2.24) is 5.32 Å². The molecule has 1 aliphatic rings. The van der Waals surface area contributed by atoms with Gasteiger partial charge in [-0.25, -0.2) is 0 Å². The van der Waals surface area contributed by atoms with E-state index in [-0.39, 0.29) is 23.2 Å². The minimum Gasteiger partial charge on any atom is -0.368 e. The van der Waals surface area contributed by atoms with Gasteiger partial charge in [-0.1, -0.05) is 27.2 Å². The zero-order valence-electron chi connectivity index (χ0n) is 11.5. The van der Waals surface area contributed by atoms with Gasteiger partial charge in [-0.3, -0.25) is 9.59 Å². The molecule has 0 spiro atoms. The van der Waals surface area contributed by atoms with Crippen LogP contribution in [0.2, 0.25) is 0 Å². The van der Waals surface area contributed by atoms with Crippen molar-refractivity contribution in [2.75, 3.05) is 6.54 Å². The fourth-order valence-corrected chi connectivity index (χ4v) is 2.63. The maximum Gasteiger partial charge on any atom is 0.240 e. The first-order chi connectivity index (χ1) is 8.27. The Morgan fingerprint density at radius 2 is 1.94 bits per heavy atom. The predicted molar refractivity (Wildman–Crippen MR) is 70.5 cm³/mol. The zero-order valence-corrected chi connectivity index (χ0v) is 11.5. The molecule has 0 aromatic carbocycles. The summed E-state index contributed by atoms with van der Waals surface area (Å²) < 4.78 is 0. The van der Waals surface area contributed by atoms with Gasteiger partial charge < -0.3 is 16.8 Å². The van der Waals surface area contributed by atoms with E-state index in [4.69, 9.17) is 11.5 Å². The van der Waals surface area contributed by atoms with Gasteiger partial charge >= 0.3 is 0 Å². The lowest BCUT2D eigenvalue weighted by Gasteiger charge is -2.30. The van der Waals surface area contributed by atoms with Crippen LogP contribution in [-0.4, -0.2) is 24.4 Å². The quantitative estimate of drug-likeness (QED) is 0.677. The van der Waals surface area contributed by atoms with Crippen LogP contribution in [0.1, 0.15) is 40.0 Å². The SMILES string of the molecule is CC(C)(C)[C@H](NC(=O)[C@@H]1CCC[C@@H]1CN)C(N)=O. The van der Waals surface area contributed by atoms with Crippen molar-refractivity contribution >= 4 is 11.8 Å². The molecule has 5 N–H and O–H groups in total. The number of amides is 2. The number of nitrogens with one attached hydrogen (secondary N) is 1. The van der Waals surface area contributed by atoms with E-state index in [1.165, 1.54) is 0 Å². The van der Waals surface area contributed by atoms with Gasteiger partial charge in [-0.2, -0.15) is 0 Å². The predicted octanol–water partition coefficient (Wildman–Crippen LogP) is 0.378. The third-order valence-electron chi connectivity index (χ3n) is 3.74. The van der Waals surface area contributed by atoms with Crippen LogP contribution in [0.5, 0.6) is 0 Å². The van der Waals surface area contributed by atoms with Crippen LogP contribution in [-0.2, 0) is 9.59 Å². The molecule has 104 valence electrons. The van der Waals surface area contributed by atoms with Crippen LogP contribution in [0.25, 0.3) is 0 Å². The monoisotopic (exact) mass is 255 g/mol. The fraction of sp³-hybridized carbons (Fsp3) is 0.846. The minimum absolute atomic E-state index is 0.0702. The summed E-state index contributed by atoms with van der Waals surface area (Å²) in [6.07, 6.45) is 2.87. The van der Waals surface area contributed by atoms with E-state index < -0.39 is 11.9 Å². The smallest absolute Gasteiger partial charge is 0.240 e. The molecular formula is C13H25N3O2. The molecule has 18 heavy (non-hydrogen) atoms. The highest BCUT2D eigenvalue weighted by molar-refractivity contribution is 5.88. The highest BCUT2D eigenvalue weighted by atomic mass is 16.2. The zero-order chi connectivity index (χ0) is 13.9. The highest BCUT2D eigenvalue weighted by Crippen LogP contribution is 2.31. The van der Waals surface area contributed by atoms with Crippen molar-refractivity contribution in [2.24, 2.45) is 28.7 Å². The van der Waals surface area contributed by atoms with Gasteiger partial charge in [-0.15, -0.1) is 0 Å². The summed E-state index contributed by atoms with van der Waals surface area (Å²) in [7, 11) is 0. The van der Waals surface area contributed by atoms with Crippen molar-refractivity contribution in [3.8, 4) is 0 Å². The third-order valence-corrected chi connectivity index (χ3v) is 3.74. The van der Waals surface area contributed by atoms with E-state index in [2.05, 4.69) is 5.32 Å². The van der Waals surface area contributed by atoms with Crippen molar-refractivity contribution < 1.29 is 9.59 Å². The Kier molecular flexibility index (Phi) is 4.73. The Morgan fingerprint density at radius 1 is 1.33 bits per heavy atom. The maximum absolute atomic E-state index is 12.2. The number of carbonyl (C=O) groups excluding carboxylic acids is 2. The molecule has 0 aromatic rings. The largest absolute Gasteiger partial charge is 0.368 e. The summed E-state index contributed by atoms with van der Waals surface area (Å²) in [5, 5.41) is 2.79. The standard InChI is InChI=1S/C13H25N3O2/c1-13(2,3)10(11(15)17)16-12(18)9-6-4-5-8(9)7-14/h8-10H,4-7,14H2,1-3H3,(H2,15,17)(H,16,18)/t8-,9-,10-/m1/s1.